The Morgan fingerprint density at radius 3 is 2.69 bits per heavy atom. The molecule has 2 nitrogen and oxygen atoms in total. The number of aliphatic hydroxyl groups excluding tert-OH is 1. The molecule has 1 fully saturated rings. The second-order valence-corrected chi connectivity index (χ2v) is 3.91. The third-order valence-electron chi connectivity index (χ3n) is 2.68. The van der Waals surface area contributed by atoms with Crippen molar-refractivity contribution in [1.29, 1.82) is 0 Å². The van der Waals surface area contributed by atoms with Crippen LogP contribution in [0, 0.1) is 5.92 Å². The molecule has 1 N–H and O–H groups in total. The predicted molar refractivity (Wildman–Crippen MR) is 51.1 cm³/mol. The molecule has 0 aliphatic heterocycles. The first-order valence-electron chi connectivity index (χ1n) is 4.96. The maximum Gasteiger partial charge on any atom is 0.573 e. The van der Waals surface area contributed by atoms with Crippen LogP contribution in [0.1, 0.15) is 17.9 Å². The van der Waals surface area contributed by atoms with Gasteiger partial charge in [-0.15, -0.1) is 13.2 Å². The second kappa shape index (κ2) is 3.97. The van der Waals surface area contributed by atoms with E-state index in [0.717, 1.165) is 12.0 Å². The van der Waals surface area contributed by atoms with Crippen LogP contribution in [-0.4, -0.2) is 18.1 Å². The molecule has 1 aromatic rings. The van der Waals surface area contributed by atoms with E-state index in [1.165, 1.54) is 18.2 Å². The molecule has 0 aromatic heterocycles. The average molecular weight is 232 g/mol. The molecule has 2 rings (SSSR count). The minimum Gasteiger partial charge on any atom is -0.406 e. The summed E-state index contributed by atoms with van der Waals surface area (Å²) >= 11 is 0. The van der Waals surface area contributed by atoms with E-state index < -0.39 is 6.36 Å². The quantitative estimate of drug-likeness (QED) is 0.868. The van der Waals surface area contributed by atoms with Gasteiger partial charge in [-0.2, -0.15) is 0 Å². The first-order chi connectivity index (χ1) is 7.49. The summed E-state index contributed by atoms with van der Waals surface area (Å²) in [7, 11) is 0. The van der Waals surface area contributed by atoms with Crippen LogP contribution in [-0.2, 0) is 0 Å². The van der Waals surface area contributed by atoms with Gasteiger partial charge in [0.25, 0.3) is 0 Å². The summed E-state index contributed by atoms with van der Waals surface area (Å²) < 4.78 is 39.7. The van der Waals surface area contributed by atoms with Crippen molar-refractivity contribution in [1.82, 2.24) is 0 Å². The van der Waals surface area contributed by atoms with Crippen LogP contribution in [0.25, 0.3) is 0 Å². The van der Waals surface area contributed by atoms with Crippen molar-refractivity contribution in [3.05, 3.63) is 29.8 Å². The number of rotatable bonds is 3. The summed E-state index contributed by atoms with van der Waals surface area (Å²) in [4.78, 5) is 0. The molecular weight excluding hydrogens is 221 g/mol. The van der Waals surface area contributed by atoms with Gasteiger partial charge in [0.15, 0.2) is 0 Å². The lowest BCUT2D eigenvalue weighted by molar-refractivity contribution is -0.274. The molecular formula is C11H11F3O2. The molecule has 0 heterocycles. The molecule has 0 spiro atoms. The van der Waals surface area contributed by atoms with E-state index in [4.69, 9.17) is 5.11 Å². The number of benzene rings is 1. The number of hydrogen-bond acceptors (Lipinski definition) is 2. The summed E-state index contributed by atoms with van der Waals surface area (Å²) in [6.45, 7) is 0.0784. The highest BCUT2D eigenvalue weighted by Crippen LogP contribution is 2.47. The van der Waals surface area contributed by atoms with Gasteiger partial charge in [0.2, 0.25) is 0 Å². The van der Waals surface area contributed by atoms with Gasteiger partial charge < -0.3 is 9.84 Å². The third-order valence-corrected chi connectivity index (χ3v) is 2.68. The van der Waals surface area contributed by atoms with Crippen LogP contribution in [0.2, 0.25) is 0 Å². The van der Waals surface area contributed by atoms with Crippen molar-refractivity contribution in [3.63, 3.8) is 0 Å². The van der Waals surface area contributed by atoms with Crippen molar-refractivity contribution in [2.75, 3.05) is 6.61 Å². The molecule has 2 unspecified atom stereocenters. The summed E-state index contributed by atoms with van der Waals surface area (Å²) in [5.74, 6) is 0.150. The van der Waals surface area contributed by atoms with Gasteiger partial charge in [0.1, 0.15) is 5.75 Å². The molecule has 0 radical (unpaired) electrons. The van der Waals surface area contributed by atoms with E-state index in [-0.39, 0.29) is 24.2 Å². The van der Waals surface area contributed by atoms with Crippen LogP contribution in [0.5, 0.6) is 5.75 Å². The van der Waals surface area contributed by atoms with Gasteiger partial charge in [-0.1, -0.05) is 12.1 Å². The van der Waals surface area contributed by atoms with Gasteiger partial charge in [0, 0.05) is 6.61 Å². The first kappa shape index (κ1) is 11.3. The monoisotopic (exact) mass is 232 g/mol. The zero-order chi connectivity index (χ0) is 11.8. The molecule has 1 aliphatic rings. The Balaban J connectivity index is 2.09. The number of ether oxygens (including phenoxy) is 1. The lowest BCUT2D eigenvalue weighted by Gasteiger charge is -2.09. The van der Waals surface area contributed by atoms with E-state index in [1.807, 2.05) is 0 Å². The van der Waals surface area contributed by atoms with E-state index in [0.29, 0.717) is 0 Å². The smallest absolute Gasteiger partial charge is 0.406 e. The Morgan fingerprint density at radius 2 is 2.12 bits per heavy atom. The van der Waals surface area contributed by atoms with Crippen molar-refractivity contribution < 1.29 is 23.0 Å². The fourth-order valence-electron chi connectivity index (χ4n) is 1.80. The van der Waals surface area contributed by atoms with Gasteiger partial charge in [-0.25, -0.2) is 0 Å². The van der Waals surface area contributed by atoms with Crippen molar-refractivity contribution in [2.24, 2.45) is 5.92 Å². The minimum absolute atomic E-state index is 0.0784. The molecule has 1 aromatic carbocycles. The summed E-state index contributed by atoms with van der Waals surface area (Å²) in [6, 6.07) is 5.94. The SMILES string of the molecule is OCC1CC1c1cccc(OC(F)(F)F)c1. The maximum absolute atomic E-state index is 12.0. The predicted octanol–water partition coefficient (Wildman–Crippen LogP) is 2.68. The lowest BCUT2D eigenvalue weighted by Crippen LogP contribution is -2.17. The van der Waals surface area contributed by atoms with Crippen molar-refractivity contribution >= 4 is 0 Å². The number of alkyl halides is 3. The highest BCUT2D eigenvalue weighted by atomic mass is 19.4. The van der Waals surface area contributed by atoms with Crippen molar-refractivity contribution in [2.45, 2.75) is 18.7 Å². The zero-order valence-electron chi connectivity index (χ0n) is 8.37. The third kappa shape index (κ3) is 2.66. The van der Waals surface area contributed by atoms with Gasteiger partial charge in [-0.3, -0.25) is 0 Å². The Labute approximate surface area is 90.7 Å². The molecule has 88 valence electrons. The number of hydrogen-bond donors (Lipinski definition) is 1. The van der Waals surface area contributed by atoms with Gasteiger partial charge in [-0.05, 0) is 36.0 Å². The van der Waals surface area contributed by atoms with Crippen LogP contribution >= 0.6 is 0 Å². The molecule has 16 heavy (non-hydrogen) atoms. The summed E-state index contributed by atoms with van der Waals surface area (Å²) in [5, 5.41) is 8.88. The molecule has 1 saturated carbocycles. The number of halogens is 3. The Kier molecular flexibility index (Phi) is 2.80. The molecule has 0 amide bonds. The van der Waals surface area contributed by atoms with Crippen LogP contribution in [0.15, 0.2) is 24.3 Å². The molecule has 2 atom stereocenters. The Hall–Kier alpha value is -1.23. The molecule has 0 saturated heterocycles. The topological polar surface area (TPSA) is 29.5 Å². The summed E-state index contributed by atoms with van der Waals surface area (Å²) in [5.41, 5.74) is 0.792. The first-order valence-corrected chi connectivity index (χ1v) is 4.96. The van der Waals surface area contributed by atoms with E-state index >= 15 is 0 Å². The highest BCUT2D eigenvalue weighted by molar-refractivity contribution is 5.34. The van der Waals surface area contributed by atoms with Crippen LogP contribution < -0.4 is 4.74 Å². The molecule has 1 aliphatic carbocycles. The van der Waals surface area contributed by atoms with Crippen LogP contribution in [0.3, 0.4) is 0 Å². The lowest BCUT2D eigenvalue weighted by atomic mass is 10.1. The van der Waals surface area contributed by atoms with E-state index in [2.05, 4.69) is 4.74 Å². The summed E-state index contributed by atoms with van der Waals surface area (Å²) in [6.07, 6.45) is -3.83. The van der Waals surface area contributed by atoms with Gasteiger partial charge in [0.05, 0.1) is 0 Å². The number of aliphatic hydroxyl groups is 1. The minimum atomic E-state index is -4.65. The maximum atomic E-state index is 12.0. The fraction of sp³-hybridized carbons (Fsp3) is 0.455. The zero-order valence-corrected chi connectivity index (χ0v) is 8.37. The fourth-order valence-corrected chi connectivity index (χ4v) is 1.80. The second-order valence-electron chi connectivity index (χ2n) is 3.91. The van der Waals surface area contributed by atoms with E-state index in [1.54, 1.807) is 6.07 Å². The largest absolute Gasteiger partial charge is 0.573 e. The normalized spacial score (nSPS) is 24.2. The molecule has 0 bridgehead atoms. The molecule has 5 heteroatoms. The standard InChI is InChI=1S/C11H11F3O2/c12-11(13,14)16-9-3-1-2-7(4-9)10-5-8(10)6-15/h1-4,8,10,15H,5-6H2. The van der Waals surface area contributed by atoms with E-state index in [9.17, 15) is 13.2 Å². The Morgan fingerprint density at radius 1 is 1.38 bits per heavy atom. The van der Waals surface area contributed by atoms with Crippen molar-refractivity contribution in [3.8, 4) is 5.75 Å². The highest BCUT2D eigenvalue weighted by Gasteiger charge is 2.38. The Bertz CT molecular complexity index is 376. The average Bonchev–Trinajstić information content (AvgIpc) is 2.94. The van der Waals surface area contributed by atoms with Crippen LogP contribution in [0.4, 0.5) is 13.2 Å². The van der Waals surface area contributed by atoms with Gasteiger partial charge >= 0.3 is 6.36 Å².